The standard InChI is InChI=1S/C23H29N3O4S2/c1-4-30-22(29)19-9-11-26(12-10-19)20(27)13-25(3)21(28)18-7-5-17(6-8-18)15-32-23-24-16(2)14-31-23/h5-8,14,19H,4,9-13,15H2,1-3H3. The lowest BCUT2D eigenvalue weighted by molar-refractivity contribution is -0.151. The first-order valence-electron chi connectivity index (χ1n) is 10.7. The van der Waals surface area contributed by atoms with Crippen molar-refractivity contribution in [2.75, 3.05) is 33.3 Å². The molecule has 1 saturated heterocycles. The largest absolute Gasteiger partial charge is 0.466 e. The van der Waals surface area contributed by atoms with Crippen molar-refractivity contribution in [3.63, 3.8) is 0 Å². The molecule has 2 aromatic rings. The number of nitrogens with zero attached hydrogens (tertiary/aromatic N) is 3. The van der Waals surface area contributed by atoms with Gasteiger partial charge in [-0.05, 0) is 44.4 Å². The number of likely N-dealkylation sites (tertiary alicyclic amines) is 1. The molecule has 7 nitrogen and oxygen atoms in total. The number of hydrogen-bond donors (Lipinski definition) is 0. The molecule has 0 aliphatic carbocycles. The van der Waals surface area contributed by atoms with Gasteiger partial charge in [0, 0.05) is 42.5 Å². The van der Waals surface area contributed by atoms with Crippen molar-refractivity contribution in [2.24, 2.45) is 5.92 Å². The summed E-state index contributed by atoms with van der Waals surface area (Å²) in [6.45, 7) is 5.18. The van der Waals surface area contributed by atoms with Crippen LogP contribution in [0.25, 0.3) is 0 Å². The Morgan fingerprint density at radius 1 is 1.22 bits per heavy atom. The molecule has 0 unspecified atom stereocenters. The van der Waals surface area contributed by atoms with Gasteiger partial charge in [-0.3, -0.25) is 14.4 Å². The first kappa shape index (κ1) is 24.3. The van der Waals surface area contributed by atoms with Crippen molar-refractivity contribution in [3.05, 3.63) is 46.5 Å². The van der Waals surface area contributed by atoms with Crippen molar-refractivity contribution in [3.8, 4) is 0 Å². The van der Waals surface area contributed by atoms with E-state index in [4.69, 9.17) is 4.74 Å². The lowest BCUT2D eigenvalue weighted by atomic mass is 9.97. The summed E-state index contributed by atoms with van der Waals surface area (Å²) in [6.07, 6.45) is 1.20. The molecular formula is C23H29N3O4S2. The van der Waals surface area contributed by atoms with Gasteiger partial charge in [-0.25, -0.2) is 4.98 Å². The molecule has 1 aliphatic rings. The van der Waals surface area contributed by atoms with Crippen molar-refractivity contribution in [2.45, 2.75) is 36.8 Å². The lowest BCUT2D eigenvalue weighted by Crippen LogP contribution is -2.45. The summed E-state index contributed by atoms with van der Waals surface area (Å²) in [7, 11) is 1.64. The topological polar surface area (TPSA) is 79.8 Å². The van der Waals surface area contributed by atoms with Gasteiger partial charge in [-0.2, -0.15) is 0 Å². The van der Waals surface area contributed by atoms with Gasteiger partial charge in [0.2, 0.25) is 5.91 Å². The number of aromatic nitrogens is 1. The summed E-state index contributed by atoms with van der Waals surface area (Å²) >= 11 is 3.31. The number of carbonyl (C=O) groups excluding carboxylic acids is 3. The molecule has 0 bridgehead atoms. The average molecular weight is 476 g/mol. The molecule has 1 aromatic carbocycles. The van der Waals surface area contributed by atoms with Crippen LogP contribution in [0.4, 0.5) is 0 Å². The normalized spacial score (nSPS) is 14.3. The number of thioether (sulfide) groups is 1. The smallest absolute Gasteiger partial charge is 0.309 e. The van der Waals surface area contributed by atoms with Gasteiger partial charge in [0.05, 0.1) is 19.1 Å². The fraction of sp³-hybridized carbons (Fsp3) is 0.478. The molecule has 1 aliphatic heterocycles. The zero-order chi connectivity index (χ0) is 23.1. The molecule has 0 saturated carbocycles. The van der Waals surface area contributed by atoms with Crippen LogP contribution in [0.3, 0.4) is 0 Å². The van der Waals surface area contributed by atoms with E-state index in [1.54, 1.807) is 54.1 Å². The monoisotopic (exact) mass is 475 g/mol. The Balaban J connectivity index is 1.46. The Labute approximate surface area is 197 Å². The predicted molar refractivity (Wildman–Crippen MR) is 126 cm³/mol. The molecule has 1 fully saturated rings. The second kappa shape index (κ2) is 11.5. The van der Waals surface area contributed by atoms with Crippen molar-refractivity contribution in [1.29, 1.82) is 0 Å². The van der Waals surface area contributed by atoms with E-state index in [2.05, 4.69) is 4.98 Å². The molecule has 1 aromatic heterocycles. The number of thiazole rings is 1. The van der Waals surface area contributed by atoms with Crippen LogP contribution in [0.5, 0.6) is 0 Å². The maximum Gasteiger partial charge on any atom is 0.309 e. The Kier molecular flexibility index (Phi) is 8.69. The third kappa shape index (κ3) is 6.56. The second-order valence-corrected chi connectivity index (χ2v) is 9.89. The summed E-state index contributed by atoms with van der Waals surface area (Å²) in [5.41, 5.74) is 2.70. The average Bonchev–Trinajstić information content (AvgIpc) is 3.22. The summed E-state index contributed by atoms with van der Waals surface area (Å²) in [6, 6.07) is 7.49. The zero-order valence-electron chi connectivity index (χ0n) is 18.7. The SMILES string of the molecule is CCOC(=O)C1CCN(C(=O)CN(C)C(=O)c2ccc(CSc3nc(C)cs3)cc2)CC1. The van der Waals surface area contributed by atoms with Crippen LogP contribution >= 0.6 is 23.1 Å². The summed E-state index contributed by atoms with van der Waals surface area (Å²) in [5.74, 6) is 0.173. The zero-order valence-corrected chi connectivity index (χ0v) is 20.3. The molecule has 0 radical (unpaired) electrons. The Morgan fingerprint density at radius 3 is 2.50 bits per heavy atom. The first-order valence-corrected chi connectivity index (χ1v) is 12.6. The third-order valence-corrected chi connectivity index (χ3v) is 7.56. The van der Waals surface area contributed by atoms with E-state index in [9.17, 15) is 14.4 Å². The fourth-order valence-electron chi connectivity index (χ4n) is 3.51. The molecule has 3 rings (SSSR count). The van der Waals surface area contributed by atoms with Gasteiger partial charge in [0.25, 0.3) is 5.91 Å². The maximum absolute atomic E-state index is 12.8. The second-order valence-electron chi connectivity index (χ2n) is 7.81. The van der Waals surface area contributed by atoms with Crippen molar-refractivity contribution in [1.82, 2.24) is 14.8 Å². The molecule has 0 atom stereocenters. The van der Waals surface area contributed by atoms with Crippen molar-refractivity contribution >= 4 is 40.9 Å². The number of hydrogen-bond acceptors (Lipinski definition) is 7. The van der Waals surface area contributed by atoms with Gasteiger partial charge < -0.3 is 14.5 Å². The number of carbonyl (C=O) groups is 3. The quantitative estimate of drug-likeness (QED) is 0.429. The highest BCUT2D eigenvalue weighted by atomic mass is 32.2. The maximum atomic E-state index is 12.8. The van der Waals surface area contributed by atoms with E-state index in [0.29, 0.717) is 38.1 Å². The first-order chi connectivity index (χ1) is 15.4. The summed E-state index contributed by atoms with van der Waals surface area (Å²) in [5, 5.41) is 2.03. The number of ether oxygens (including phenoxy) is 1. The Hall–Kier alpha value is -2.39. The third-order valence-electron chi connectivity index (χ3n) is 5.35. The van der Waals surface area contributed by atoms with E-state index in [1.807, 2.05) is 24.4 Å². The molecule has 0 spiro atoms. The van der Waals surface area contributed by atoms with E-state index in [-0.39, 0.29) is 30.2 Å². The van der Waals surface area contributed by atoms with Crippen LogP contribution in [-0.2, 0) is 20.1 Å². The van der Waals surface area contributed by atoms with Crippen molar-refractivity contribution < 1.29 is 19.1 Å². The number of rotatable bonds is 8. The molecule has 32 heavy (non-hydrogen) atoms. The van der Waals surface area contributed by atoms with Crippen LogP contribution in [0.2, 0.25) is 0 Å². The molecule has 2 amide bonds. The van der Waals surface area contributed by atoms with Gasteiger partial charge >= 0.3 is 5.97 Å². The molecule has 9 heteroatoms. The molecule has 0 N–H and O–H groups in total. The number of aryl methyl sites for hydroxylation is 1. The highest BCUT2D eigenvalue weighted by Gasteiger charge is 2.29. The van der Waals surface area contributed by atoms with E-state index >= 15 is 0 Å². The van der Waals surface area contributed by atoms with Crippen LogP contribution in [0, 0.1) is 12.8 Å². The van der Waals surface area contributed by atoms with Crippen LogP contribution in [0.15, 0.2) is 34.0 Å². The van der Waals surface area contributed by atoms with Crippen LogP contribution in [0.1, 0.15) is 41.4 Å². The minimum Gasteiger partial charge on any atom is -0.466 e. The highest BCUT2D eigenvalue weighted by Crippen LogP contribution is 2.26. The Morgan fingerprint density at radius 2 is 1.91 bits per heavy atom. The minimum atomic E-state index is -0.186. The molecular weight excluding hydrogens is 446 g/mol. The number of amides is 2. The predicted octanol–water partition coefficient (Wildman–Crippen LogP) is 3.62. The van der Waals surface area contributed by atoms with Gasteiger partial charge in [-0.15, -0.1) is 11.3 Å². The highest BCUT2D eigenvalue weighted by molar-refractivity contribution is 8.00. The van der Waals surface area contributed by atoms with E-state index < -0.39 is 0 Å². The number of piperidine rings is 1. The lowest BCUT2D eigenvalue weighted by Gasteiger charge is -2.32. The summed E-state index contributed by atoms with van der Waals surface area (Å²) < 4.78 is 6.10. The van der Waals surface area contributed by atoms with Gasteiger partial charge in [-0.1, -0.05) is 23.9 Å². The molecule has 2 heterocycles. The van der Waals surface area contributed by atoms with Gasteiger partial charge in [0.15, 0.2) is 0 Å². The number of esters is 1. The fourth-order valence-corrected chi connectivity index (χ4v) is 5.31. The Bertz CT molecular complexity index is 937. The number of benzene rings is 1. The van der Waals surface area contributed by atoms with Gasteiger partial charge in [0.1, 0.15) is 4.34 Å². The summed E-state index contributed by atoms with van der Waals surface area (Å²) in [4.78, 5) is 44.8. The van der Waals surface area contributed by atoms with Crippen LogP contribution < -0.4 is 0 Å². The van der Waals surface area contributed by atoms with E-state index in [1.165, 1.54) is 4.90 Å². The number of likely N-dealkylation sites (N-methyl/N-ethyl adjacent to an activating group) is 1. The van der Waals surface area contributed by atoms with E-state index in [0.717, 1.165) is 21.3 Å². The molecule has 172 valence electrons. The van der Waals surface area contributed by atoms with Crippen LogP contribution in [-0.4, -0.2) is 65.9 Å². The minimum absolute atomic E-state index is 0.0178.